The number of carbonyl (C=O) groups is 1. The minimum absolute atomic E-state index is 0.0412. The standard InChI is InChI=1S/C30H33FN6O5/c1-39-10-11-41-27-14-26-23(12-24(27)31)29(33-32-26)28-13-25(34-42-28)19-2-4-20(5-3-19)30(38)37-15-21(16-37)35-6-8-36(9-7-35)22-17-40-18-22/h2-5,12-14,21-22H,6-11,15-18H2,1H3,(H,32,33). The van der Waals surface area contributed by atoms with E-state index in [9.17, 15) is 9.18 Å². The number of rotatable bonds is 9. The third kappa shape index (κ3) is 5.15. The van der Waals surface area contributed by atoms with Crippen LogP contribution in [-0.2, 0) is 9.47 Å². The van der Waals surface area contributed by atoms with Gasteiger partial charge in [0.05, 0.1) is 31.4 Å². The predicted octanol–water partition coefficient (Wildman–Crippen LogP) is 2.89. The van der Waals surface area contributed by atoms with Gasteiger partial charge in [0.15, 0.2) is 17.3 Å². The second kappa shape index (κ2) is 11.4. The van der Waals surface area contributed by atoms with Crippen LogP contribution in [-0.4, -0.2) is 121 Å². The molecule has 12 heteroatoms. The molecule has 0 bridgehead atoms. The van der Waals surface area contributed by atoms with Gasteiger partial charge >= 0.3 is 0 Å². The normalized spacial score (nSPS) is 18.8. The van der Waals surface area contributed by atoms with Crippen molar-refractivity contribution in [2.75, 3.05) is 72.8 Å². The molecule has 3 aliphatic rings. The summed E-state index contributed by atoms with van der Waals surface area (Å²) in [5, 5.41) is 12.0. The highest BCUT2D eigenvalue weighted by Gasteiger charge is 2.38. The Kier molecular flexibility index (Phi) is 7.36. The SMILES string of the molecule is COCCOc1cc2[nH]nc(-c3cc(-c4ccc(C(=O)N5CC(N6CCN(C7COC7)CC6)C5)cc4)no3)c2cc1F. The van der Waals surface area contributed by atoms with Crippen molar-refractivity contribution in [1.29, 1.82) is 0 Å². The number of aromatic amines is 1. The van der Waals surface area contributed by atoms with Crippen LogP contribution in [0.3, 0.4) is 0 Å². The van der Waals surface area contributed by atoms with E-state index in [0.29, 0.717) is 52.3 Å². The zero-order valence-corrected chi connectivity index (χ0v) is 23.4. The molecule has 3 aliphatic heterocycles. The van der Waals surface area contributed by atoms with Gasteiger partial charge in [-0.1, -0.05) is 17.3 Å². The molecule has 2 aromatic heterocycles. The van der Waals surface area contributed by atoms with Crippen LogP contribution in [0.2, 0.25) is 0 Å². The number of carbonyl (C=O) groups excluding carboxylic acids is 1. The minimum Gasteiger partial charge on any atom is -0.488 e. The van der Waals surface area contributed by atoms with Gasteiger partial charge in [0, 0.05) is 81.1 Å². The van der Waals surface area contributed by atoms with Crippen LogP contribution in [0.4, 0.5) is 4.39 Å². The molecule has 42 heavy (non-hydrogen) atoms. The van der Waals surface area contributed by atoms with E-state index in [1.807, 2.05) is 29.2 Å². The zero-order valence-electron chi connectivity index (χ0n) is 23.4. The Morgan fingerprint density at radius 1 is 1.02 bits per heavy atom. The van der Waals surface area contributed by atoms with Crippen LogP contribution >= 0.6 is 0 Å². The number of H-pyrrole nitrogens is 1. The first-order valence-electron chi connectivity index (χ1n) is 14.3. The molecule has 0 spiro atoms. The maximum absolute atomic E-state index is 14.7. The molecule has 0 atom stereocenters. The second-order valence-corrected chi connectivity index (χ2v) is 11.0. The lowest BCUT2D eigenvalue weighted by Crippen LogP contribution is -2.65. The summed E-state index contributed by atoms with van der Waals surface area (Å²) in [7, 11) is 1.56. The Labute approximate surface area is 242 Å². The molecule has 220 valence electrons. The highest BCUT2D eigenvalue weighted by Crippen LogP contribution is 2.33. The molecule has 7 rings (SSSR count). The van der Waals surface area contributed by atoms with Gasteiger partial charge in [0.1, 0.15) is 18.0 Å². The summed E-state index contributed by atoms with van der Waals surface area (Å²) in [5.74, 6) is 0.0583. The number of ether oxygens (including phenoxy) is 3. The summed E-state index contributed by atoms with van der Waals surface area (Å²) in [4.78, 5) is 20.0. The van der Waals surface area contributed by atoms with E-state index in [1.54, 1.807) is 19.2 Å². The average molecular weight is 577 g/mol. The number of nitrogens with zero attached hydrogens (tertiary/aromatic N) is 5. The highest BCUT2D eigenvalue weighted by molar-refractivity contribution is 5.95. The molecule has 4 aromatic rings. The van der Waals surface area contributed by atoms with Crippen LogP contribution in [0.25, 0.3) is 33.6 Å². The van der Waals surface area contributed by atoms with Crippen molar-refractivity contribution >= 4 is 16.8 Å². The first-order valence-corrected chi connectivity index (χ1v) is 14.3. The van der Waals surface area contributed by atoms with Gasteiger partial charge in [0.2, 0.25) is 0 Å². The summed E-state index contributed by atoms with van der Waals surface area (Å²) in [6.07, 6.45) is 0. The molecule has 11 nitrogen and oxygen atoms in total. The Bertz CT molecular complexity index is 1550. The van der Waals surface area contributed by atoms with E-state index in [0.717, 1.165) is 58.0 Å². The first-order chi connectivity index (χ1) is 20.6. The lowest BCUT2D eigenvalue weighted by molar-refractivity contribution is -0.0848. The summed E-state index contributed by atoms with van der Waals surface area (Å²) >= 11 is 0. The molecule has 0 aliphatic carbocycles. The maximum Gasteiger partial charge on any atom is 0.253 e. The van der Waals surface area contributed by atoms with Gasteiger partial charge in [0.25, 0.3) is 5.91 Å². The number of hydrogen-bond acceptors (Lipinski definition) is 9. The van der Waals surface area contributed by atoms with Crippen LogP contribution in [0.15, 0.2) is 47.0 Å². The number of benzene rings is 2. The number of amides is 1. The molecule has 0 radical (unpaired) electrons. The van der Waals surface area contributed by atoms with Crippen molar-refractivity contribution < 1.29 is 27.9 Å². The van der Waals surface area contributed by atoms with Crippen molar-refractivity contribution in [2.24, 2.45) is 0 Å². The number of methoxy groups -OCH3 is 1. The largest absolute Gasteiger partial charge is 0.488 e. The third-order valence-corrected chi connectivity index (χ3v) is 8.48. The Morgan fingerprint density at radius 2 is 1.76 bits per heavy atom. The smallest absolute Gasteiger partial charge is 0.253 e. The molecule has 1 N–H and O–H groups in total. The van der Waals surface area contributed by atoms with Gasteiger partial charge in [-0.2, -0.15) is 5.10 Å². The molecule has 3 fully saturated rings. The van der Waals surface area contributed by atoms with Gasteiger partial charge in [-0.3, -0.25) is 19.7 Å². The fraction of sp³-hybridized carbons (Fsp3) is 0.433. The topological polar surface area (TPSA) is 109 Å². The predicted molar refractivity (Wildman–Crippen MR) is 152 cm³/mol. The number of fused-ring (bicyclic) bond motifs is 1. The number of halogens is 1. The van der Waals surface area contributed by atoms with E-state index in [1.165, 1.54) is 6.07 Å². The molecular weight excluding hydrogens is 543 g/mol. The van der Waals surface area contributed by atoms with Crippen molar-refractivity contribution in [1.82, 2.24) is 30.1 Å². The van der Waals surface area contributed by atoms with Crippen molar-refractivity contribution in [3.63, 3.8) is 0 Å². The van der Waals surface area contributed by atoms with Crippen molar-refractivity contribution in [3.05, 3.63) is 53.8 Å². The van der Waals surface area contributed by atoms with Crippen LogP contribution in [0.5, 0.6) is 5.75 Å². The van der Waals surface area contributed by atoms with Gasteiger partial charge in [-0.05, 0) is 18.2 Å². The summed E-state index contributed by atoms with van der Waals surface area (Å²) in [6, 6.07) is 13.1. The lowest BCUT2D eigenvalue weighted by atomic mass is 10.0. The van der Waals surface area contributed by atoms with Crippen molar-refractivity contribution in [3.8, 4) is 28.5 Å². The van der Waals surface area contributed by atoms with Crippen LogP contribution in [0.1, 0.15) is 10.4 Å². The molecular formula is C30H33FN6O5. The molecule has 3 saturated heterocycles. The van der Waals surface area contributed by atoms with E-state index in [4.69, 9.17) is 18.7 Å². The fourth-order valence-corrected chi connectivity index (χ4v) is 5.79. The molecule has 1 amide bonds. The summed E-state index contributed by atoms with van der Waals surface area (Å²) in [5.41, 5.74) is 3.10. The van der Waals surface area contributed by atoms with E-state index in [-0.39, 0.29) is 18.3 Å². The number of likely N-dealkylation sites (tertiary alicyclic amines) is 1. The number of piperazine rings is 1. The van der Waals surface area contributed by atoms with Gasteiger partial charge in [-0.15, -0.1) is 0 Å². The Hall–Kier alpha value is -3.84. The second-order valence-electron chi connectivity index (χ2n) is 11.0. The maximum atomic E-state index is 14.7. The first kappa shape index (κ1) is 27.0. The van der Waals surface area contributed by atoms with Crippen molar-refractivity contribution in [2.45, 2.75) is 12.1 Å². The summed E-state index contributed by atoms with van der Waals surface area (Å²) < 4.78 is 36.0. The summed E-state index contributed by atoms with van der Waals surface area (Å²) in [6.45, 7) is 8.08. The van der Waals surface area contributed by atoms with E-state index in [2.05, 4.69) is 25.2 Å². The monoisotopic (exact) mass is 576 g/mol. The number of nitrogens with one attached hydrogen (secondary N) is 1. The van der Waals surface area contributed by atoms with Crippen LogP contribution in [0, 0.1) is 5.82 Å². The van der Waals surface area contributed by atoms with Gasteiger partial charge in [-0.25, -0.2) is 4.39 Å². The van der Waals surface area contributed by atoms with Crippen LogP contribution < -0.4 is 4.74 Å². The van der Waals surface area contributed by atoms with Gasteiger partial charge < -0.3 is 23.6 Å². The zero-order chi connectivity index (χ0) is 28.6. The molecule has 0 saturated carbocycles. The Balaban J connectivity index is 0.966. The molecule has 2 aromatic carbocycles. The quantitative estimate of drug-likeness (QED) is 0.301. The Morgan fingerprint density at radius 3 is 2.45 bits per heavy atom. The number of aromatic nitrogens is 3. The highest BCUT2D eigenvalue weighted by atomic mass is 19.1. The minimum atomic E-state index is -0.503. The fourth-order valence-electron chi connectivity index (χ4n) is 5.79. The molecule has 5 heterocycles. The lowest BCUT2D eigenvalue weighted by Gasteiger charge is -2.49. The average Bonchev–Trinajstić information content (AvgIpc) is 3.60. The number of hydrogen-bond donors (Lipinski definition) is 1. The third-order valence-electron chi connectivity index (χ3n) is 8.48. The van der Waals surface area contributed by atoms with E-state index < -0.39 is 5.82 Å². The van der Waals surface area contributed by atoms with E-state index >= 15 is 0 Å². The molecule has 0 unspecified atom stereocenters.